The van der Waals surface area contributed by atoms with Crippen LogP contribution in [-0.2, 0) is 9.47 Å². The predicted molar refractivity (Wildman–Crippen MR) is 101 cm³/mol. The molecule has 144 valence electrons. The predicted octanol–water partition coefficient (Wildman–Crippen LogP) is 1.69. The Bertz CT molecular complexity index is 502. The molecule has 6 heteroatoms. The first-order valence-electron chi connectivity index (χ1n) is 8.81. The van der Waals surface area contributed by atoms with Gasteiger partial charge in [-0.3, -0.25) is 0 Å². The molecule has 0 spiro atoms. The molecule has 0 heterocycles. The molecule has 25 heavy (non-hydrogen) atoms. The molecule has 1 aromatic rings. The van der Waals surface area contributed by atoms with Crippen molar-refractivity contribution in [3.63, 3.8) is 0 Å². The van der Waals surface area contributed by atoms with E-state index in [1.807, 2.05) is 19.1 Å². The second-order valence-electron chi connectivity index (χ2n) is 6.70. The molecule has 1 aromatic carbocycles. The Morgan fingerprint density at radius 1 is 1.12 bits per heavy atom. The normalized spacial score (nSPS) is 12.8. The van der Waals surface area contributed by atoms with E-state index in [0.29, 0.717) is 25.7 Å². The highest BCUT2D eigenvalue weighted by Crippen LogP contribution is 2.32. The van der Waals surface area contributed by atoms with E-state index in [1.165, 1.54) is 4.90 Å². The van der Waals surface area contributed by atoms with Crippen molar-refractivity contribution in [1.29, 1.82) is 0 Å². The number of aliphatic hydroxyl groups excluding tert-OH is 1. The van der Waals surface area contributed by atoms with Crippen LogP contribution < -0.4 is 9.64 Å². The number of methoxy groups -OCH3 is 2. The standard InChI is InChI=1S/C19H32ClNO4/c1-14(2)17-11-18(20)15(3)10-19(17)25-13-16(22)12-21(6-8-23-4)7-9-24-5/h10-11,14,16,22H,6-9,12-13H2,1-5H3/p+1/t16-/m1/s1. The zero-order chi connectivity index (χ0) is 18.8. The highest BCUT2D eigenvalue weighted by Gasteiger charge is 2.17. The first kappa shape index (κ1) is 22.2. The Morgan fingerprint density at radius 3 is 2.24 bits per heavy atom. The van der Waals surface area contributed by atoms with Gasteiger partial charge >= 0.3 is 0 Å². The molecule has 0 unspecified atom stereocenters. The summed E-state index contributed by atoms with van der Waals surface area (Å²) < 4.78 is 16.2. The van der Waals surface area contributed by atoms with Crippen LogP contribution in [-0.4, -0.2) is 64.9 Å². The summed E-state index contributed by atoms with van der Waals surface area (Å²) in [7, 11) is 3.37. The molecule has 1 atom stereocenters. The minimum Gasteiger partial charge on any atom is -0.490 e. The number of hydrogen-bond acceptors (Lipinski definition) is 4. The first-order chi connectivity index (χ1) is 11.9. The summed E-state index contributed by atoms with van der Waals surface area (Å²) in [4.78, 5) is 1.23. The molecule has 0 saturated carbocycles. The van der Waals surface area contributed by atoms with Crippen LogP contribution in [0.25, 0.3) is 0 Å². The average Bonchev–Trinajstić information content (AvgIpc) is 2.57. The van der Waals surface area contributed by atoms with E-state index in [0.717, 1.165) is 35.0 Å². The summed E-state index contributed by atoms with van der Waals surface area (Å²) in [5.41, 5.74) is 2.04. The van der Waals surface area contributed by atoms with Gasteiger partial charge in [-0.1, -0.05) is 25.4 Å². The highest BCUT2D eigenvalue weighted by atomic mass is 35.5. The number of ether oxygens (including phenoxy) is 3. The summed E-state index contributed by atoms with van der Waals surface area (Å²) in [5.74, 6) is 1.10. The molecule has 0 bridgehead atoms. The molecule has 0 radical (unpaired) electrons. The topological polar surface area (TPSA) is 52.4 Å². The number of hydrogen-bond donors (Lipinski definition) is 2. The minimum absolute atomic E-state index is 0.254. The van der Waals surface area contributed by atoms with Gasteiger partial charge in [-0.2, -0.15) is 0 Å². The highest BCUT2D eigenvalue weighted by molar-refractivity contribution is 6.31. The van der Waals surface area contributed by atoms with Gasteiger partial charge in [-0.25, -0.2) is 0 Å². The van der Waals surface area contributed by atoms with Gasteiger partial charge in [-0.15, -0.1) is 0 Å². The molecule has 2 N–H and O–H groups in total. The smallest absolute Gasteiger partial charge is 0.137 e. The molecule has 0 aromatic heterocycles. The van der Waals surface area contributed by atoms with Crippen LogP contribution in [0.3, 0.4) is 0 Å². The number of quaternary nitrogens is 1. The van der Waals surface area contributed by atoms with Crippen LogP contribution in [0.4, 0.5) is 0 Å². The van der Waals surface area contributed by atoms with E-state index in [4.69, 9.17) is 25.8 Å². The lowest BCUT2D eigenvalue weighted by molar-refractivity contribution is -0.903. The lowest BCUT2D eigenvalue weighted by atomic mass is 10.0. The third-order valence-corrected chi connectivity index (χ3v) is 4.60. The van der Waals surface area contributed by atoms with Crippen LogP contribution in [0.2, 0.25) is 5.02 Å². The zero-order valence-electron chi connectivity index (χ0n) is 16.1. The van der Waals surface area contributed by atoms with Crippen molar-refractivity contribution in [2.75, 3.05) is 53.7 Å². The number of aliphatic hydroxyl groups is 1. The molecule has 0 aliphatic rings. The molecule has 5 nitrogen and oxygen atoms in total. The average molecular weight is 375 g/mol. The molecule has 0 saturated heterocycles. The van der Waals surface area contributed by atoms with E-state index in [2.05, 4.69) is 13.8 Å². The van der Waals surface area contributed by atoms with Crippen LogP contribution in [0.1, 0.15) is 30.9 Å². The van der Waals surface area contributed by atoms with E-state index in [9.17, 15) is 5.11 Å². The van der Waals surface area contributed by atoms with Crippen LogP contribution in [0.15, 0.2) is 12.1 Å². The van der Waals surface area contributed by atoms with E-state index in [1.54, 1.807) is 14.2 Å². The van der Waals surface area contributed by atoms with Gasteiger partial charge in [0.15, 0.2) is 0 Å². The summed E-state index contributed by atoms with van der Waals surface area (Å²) in [5, 5.41) is 11.1. The summed E-state index contributed by atoms with van der Waals surface area (Å²) in [6, 6.07) is 3.91. The van der Waals surface area contributed by atoms with Crippen molar-refractivity contribution in [2.24, 2.45) is 0 Å². The Labute approximate surface area is 156 Å². The van der Waals surface area contributed by atoms with Gasteiger partial charge in [0.25, 0.3) is 0 Å². The molecule has 0 fully saturated rings. The van der Waals surface area contributed by atoms with E-state index in [-0.39, 0.29) is 6.61 Å². The fraction of sp³-hybridized carbons (Fsp3) is 0.684. The largest absolute Gasteiger partial charge is 0.490 e. The van der Waals surface area contributed by atoms with Gasteiger partial charge in [0.05, 0.1) is 13.2 Å². The summed E-state index contributed by atoms with van der Waals surface area (Å²) in [6.45, 7) is 9.97. The molecule has 0 aliphatic carbocycles. The number of benzene rings is 1. The maximum absolute atomic E-state index is 10.4. The molecular formula is C19H33ClNO4+. The van der Waals surface area contributed by atoms with Gasteiger partial charge in [-0.05, 0) is 36.1 Å². The second kappa shape index (κ2) is 11.7. The number of nitrogens with one attached hydrogen (secondary N) is 1. The Balaban J connectivity index is 2.65. The minimum atomic E-state index is -0.556. The molecule has 1 rings (SSSR count). The van der Waals surface area contributed by atoms with E-state index >= 15 is 0 Å². The Morgan fingerprint density at radius 2 is 1.72 bits per heavy atom. The zero-order valence-corrected chi connectivity index (χ0v) is 16.9. The maximum atomic E-state index is 10.4. The maximum Gasteiger partial charge on any atom is 0.137 e. The lowest BCUT2D eigenvalue weighted by Crippen LogP contribution is -3.14. The summed E-state index contributed by atoms with van der Waals surface area (Å²) in [6.07, 6.45) is -0.556. The van der Waals surface area contributed by atoms with Gasteiger partial charge in [0.1, 0.15) is 38.1 Å². The summed E-state index contributed by atoms with van der Waals surface area (Å²) >= 11 is 6.23. The molecular weight excluding hydrogens is 342 g/mol. The fourth-order valence-corrected chi connectivity index (χ4v) is 2.82. The van der Waals surface area contributed by atoms with Gasteiger partial charge in [0.2, 0.25) is 0 Å². The van der Waals surface area contributed by atoms with Crippen molar-refractivity contribution >= 4 is 11.6 Å². The fourth-order valence-electron chi connectivity index (χ4n) is 2.65. The monoisotopic (exact) mass is 374 g/mol. The Kier molecular flexibility index (Phi) is 10.4. The van der Waals surface area contributed by atoms with Crippen LogP contribution >= 0.6 is 11.6 Å². The molecule has 0 amide bonds. The lowest BCUT2D eigenvalue weighted by Gasteiger charge is -2.23. The van der Waals surface area contributed by atoms with Crippen molar-refractivity contribution in [3.8, 4) is 5.75 Å². The Hall–Kier alpha value is -0.850. The van der Waals surface area contributed by atoms with Crippen molar-refractivity contribution < 1.29 is 24.2 Å². The SMILES string of the molecule is COCC[NH+](CCOC)C[C@@H](O)COc1cc(C)c(Cl)cc1C(C)C. The third-order valence-electron chi connectivity index (χ3n) is 4.19. The first-order valence-corrected chi connectivity index (χ1v) is 9.19. The third kappa shape index (κ3) is 7.92. The van der Waals surface area contributed by atoms with Gasteiger partial charge < -0.3 is 24.2 Å². The molecule has 0 aliphatic heterocycles. The van der Waals surface area contributed by atoms with Crippen molar-refractivity contribution in [3.05, 3.63) is 28.3 Å². The van der Waals surface area contributed by atoms with Crippen LogP contribution in [0, 0.1) is 6.92 Å². The van der Waals surface area contributed by atoms with E-state index < -0.39 is 6.10 Å². The van der Waals surface area contributed by atoms with Gasteiger partial charge in [0, 0.05) is 19.2 Å². The van der Waals surface area contributed by atoms with Crippen LogP contribution in [0.5, 0.6) is 5.75 Å². The number of halogens is 1. The quantitative estimate of drug-likeness (QED) is 0.584. The van der Waals surface area contributed by atoms with Crippen molar-refractivity contribution in [1.82, 2.24) is 0 Å². The number of rotatable bonds is 12. The van der Waals surface area contributed by atoms with Crippen molar-refractivity contribution in [2.45, 2.75) is 32.8 Å². The second-order valence-corrected chi connectivity index (χ2v) is 7.11. The number of aryl methyl sites for hydroxylation is 1.